The van der Waals surface area contributed by atoms with Crippen molar-refractivity contribution in [1.29, 1.82) is 0 Å². The molecule has 1 aliphatic rings. The smallest absolute Gasteiger partial charge is 0.229 e. The van der Waals surface area contributed by atoms with Crippen LogP contribution in [-0.4, -0.2) is 34.1 Å². The van der Waals surface area contributed by atoms with Gasteiger partial charge in [-0.2, -0.15) is 4.98 Å². The van der Waals surface area contributed by atoms with Gasteiger partial charge in [-0.05, 0) is 19.3 Å². The van der Waals surface area contributed by atoms with Crippen LogP contribution < -0.4 is 0 Å². The molecule has 1 fully saturated rings. The molecule has 96 valence electrons. The van der Waals surface area contributed by atoms with E-state index < -0.39 is 0 Å². The molecular weight excluding hydrogens is 220 g/mol. The second kappa shape index (κ2) is 6.12. The summed E-state index contributed by atoms with van der Waals surface area (Å²) in [6.45, 7) is 2.88. The zero-order valence-corrected chi connectivity index (χ0v) is 10.3. The first kappa shape index (κ1) is 12.5. The highest BCUT2D eigenvalue weighted by Gasteiger charge is 2.19. The molecule has 1 saturated heterocycles. The van der Waals surface area contributed by atoms with Crippen LogP contribution >= 0.6 is 0 Å². The normalized spacial score (nSPS) is 21.9. The topological polar surface area (TPSA) is 68.4 Å². The molecule has 2 rings (SSSR count). The van der Waals surface area contributed by atoms with E-state index in [1.807, 2.05) is 6.92 Å². The van der Waals surface area contributed by atoms with E-state index in [2.05, 4.69) is 10.1 Å². The summed E-state index contributed by atoms with van der Waals surface area (Å²) < 4.78 is 10.6. The summed E-state index contributed by atoms with van der Waals surface area (Å²) in [6, 6.07) is 0. The Morgan fingerprint density at radius 3 is 3.12 bits per heavy atom. The molecule has 5 nitrogen and oxygen atoms in total. The molecule has 0 amide bonds. The number of rotatable bonds is 6. The van der Waals surface area contributed by atoms with Crippen LogP contribution in [0.4, 0.5) is 0 Å². The SMILES string of the molecule is CCCC(O)Cc1nc(CC2CCCO2)no1. The zero-order valence-electron chi connectivity index (χ0n) is 10.3. The predicted molar refractivity (Wildman–Crippen MR) is 61.6 cm³/mol. The van der Waals surface area contributed by atoms with Crippen molar-refractivity contribution in [3.8, 4) is 0 Å². The molecule has 1 N–H and O–H groups in total. The summed E-state index contributed by atoms with van der Waals surface area (Å²) in [4.78, 5) is 4.28. The van der Waals surface area contributed by atoms with Gasteiger partial charge >= 0.3 is 0 Å². The van der Waals surface area contributed by atoms with Gasteiger partial charge in [0.25, 0.3) is 0 Å². The number of hydrogen-bond donors (Lipinski definition) is 1. The molecule has 0 saturated carbocycles. The van der Waals surface area contributed by atoms with Crippen molar-refractivity contribution in [2.75, 3.05) is 6.61 Å². The highest BCUT2D eigenvalue weighted by Crippen LogP contribution is 2.16. The van der Waals surface area contributed by atoms with Gasteiger partial charge in [-0.3, -0.25) is 0 Å². The predicted octanol–water partition coefficient (Wildman–Crippen LogP) is 1.49. The summed E-state index contributed by atoms with van der Waals surface area (Å²) in [6.07, 6.45) is 4.94. The first-order valence-electron chi connectivity index (χ1n) is 6.39. The molecule has 1 aromatic heterocycles. The van der Waals surface area contributed by atoms with Gasteiger partial charge < -0.3 is 14.4 Å². The third-order valence-corrected chi connectivity index (χ3v) is 2.98. The molecular formula is C12H20N2O3. The van der Waals surface area contributed by atoms with Crippen LogP contribution in [0.15, 0.2) is 4.52 Å². The minimum absolute atomic E-state index is 0.237. The molecule has 17 heavy (non-hydrogen) atoms. The summed E-state index contributed by atoms with van der Waals surface area (Å²) in [5.41, 5.74) is 0. The maximum Gasteiger partial charge on any atom is 0.229 e. The van der Waals surface area contributed by atoms with Crippen LogP contribution in [-0.2, 0) is 17.6 Å². The molecule has 1 aromatic rings. The summed E-state index contributed by atoms with van der Waals surface area (Å²) in [5.74, 6) is 1.22. The van der Waals surface area contributed by atoms with Crippen molar-refractivity contribution in [1.82, 2.24) is 10.1 Å². The number of nitrogens with zero attached hydrogens (tertiary/aromatic N) is 2. The fourth-order valence-corrected chi connectivity index (χ4v) is 2.10. The number of aliphatic hydroxyl groups excluding tert-OH is 1. The van der Waals surface area contributed by atoms with E-state index in [4.69, 9.17) is 9.26 Å². The van der Waals surface area contributed by atoms with Crippen LogP contribution in [0.1, 0.15) is 44.3 Å². The Kier molecular flexibility index (Phi) is 4.50. The van der Waals surface area contributed by atoms with Gasteiger partial charge in [0.15, 0.2) is 5.82 Å². The highest BCUT2D eigenvalue weighted by atomic mass is 16.5. The van der Waals surface area contributed by atoms with Gasteiger partial charge in [-0.15, -0.1) is 0 Å². The summed E-state index contributed by atoms with van der Waals surface area (Å²) in [7, 11) is 0. The van der Waals surface area contributed by atoms with Gasteiger partial charge in [0.2, 0.25) is 5.89 Å². The van der Waals surface area contributed by atoms with Crippen LogP contribution in [0, 0.1) is 0 Å². The highest BCUT2D eigenvalue weighted by molar-refractivity contribution is 4.91. The monoisotopic (exact) mass is 240 g/mol. The van der Waals surface area contributed by atoms with Gasteiger partial charge in [-0.25, -0.2) is 0 Å². The number of ether oxygens (including phenoxy) is 1. The maximum atomic E-state index is 9.64. The van der Waals surface area contributed by atoms with Gasteiger partial charge in [0, 0.05) is 13.0 Å². The molecule has 0 bridgehead atoms. The van der Waals surface area contributed by atoms with E-state index in [1.165, 1.54) is 0 Å². The molecule has 0 aliphatic carbocycles. The first-order valence-corrected chi connectivity index (χ1v) is 6.39. The Morgan fingerprint density at radius 1 is 1.53 bits per heavy atom. The van der Waals surface area contributed by atoms with Crippen LogP contribution in [0.25, 0.3) is 0 Å². The van der Waals surface area contributed by atoms with Crippen molar-refractivity contribution in [3.63, 3.8) is 0 Å². The molecule has 1 aliphatic heterocycles. The lowest BCUT2D eigenvalue weighted by molar-refractivity contribution is 0.109. The number of hydrogen-bond acceptors (Lipinski definition) is 5. The minimum atomic E-state index is -0.379. The Hall–Kier alpha value is -0.940. The van der Waals surface area contributed by atoms with Crippen molar-refractivity contribution in [2.24, 2.45) is 0 Å². The van der Waals surface area contributed by atoms with Crippen molar-refractivity contribution < 1.29 is 14.4 Å². The maximum absolute atomic E-state index is 9.64. The molecule has 2 unspecified atom stereocenters. The quantitative estimate of drug-likeness (QED) is 0.816. The fourth-order valence-electron chi connectivity index (χ4n) is 2.10. The first-order chi connectivity index (χ1) is 8.28. The lowest BCUT2D eigenvalue weighted by atomic mass is 10.1. The van der Waals surface area contributed by atoms with E-state index in [9.17, 15) is 5.11 Å². The third kappa shape index (κ3) is 3.78. The minimum Gasteiger partial charge on any atom is -0.393 e. The average Bonchev–Trinajstić information content (AvgIpc) is 2.91. The van der Waals surface area contributed by atoms with E-state index in [0.29, 0.717) is 24.6 Å². The van der Waals surface area contributed by atoms with E-state index >= 15 is 0 Å². The van der Waals surface area contributed by atoms with E-state index in [-0.39, 0.29) is 12.2 Å². The summed E-state index contributed by atoms with van der Waals surface area (Å²) in [5, 5.41) is 13.6. The molecule has 0 spiro atoms. The van der Waals surface area contributed by atoms with Crippen molar-refractivity contribution in [2.45, 2.75) is 57.7 Å². The van der Waals surface area contributed by atoms with Crippen LogP contribution in [0.3, 0.4) is 0 Å². The lowest BCUT2D eigenvalue weighted by Gasteiger charge is -2.05. The molecule has 2 heterocycles. The van der Waals surface area contributed by atoms with Crippen LogP contribution in [0.2, 0.25) is 0 Å². The molecule has 2 atom stereocenters. The Bertz CT molecular complexity index is 334. The van der Waals surface area contributed by atoms with Crippen LogP contribution in [0.5, 0.6) is 0 Å². The van der Waals surface area contributed by atoms with Crippen molar-refractivity contribution in [3.05, 3.63) is 11.7 Å². The molecule has 5 heteroatoms. The van der Waals surface area contributed by atoms with Crippen molar-refractivity contribution >= 4 is 0 Å². The summed E-state index contributed by atoms with van der Waals surface area (Å²) >= 11 is 0. The standard InChI is InChI=1S/C12H20N2O3/c1-2-4-9(15)7-12-13-11(14-17-12)8-10-5-3-6-16-10/h9-10,15H,2-8H2,1H3. The molecule has 0 radical (unpaired) electrons. The fraction of sp³-hybridized carbons (Fsp3) is 0.833. The van der Waals surface area contributed by atoms with E-state index in [0.717, 1.165) is 32.3 Å². The van der Waals surface area contributed by atoms with Gasteiger partial charge in [-0.1, -0.05) is 18.5 Å². The lowest BCUT2D eigenvalue weighted by Crippen LogP contribution is -2.11. The second-order valence-corrected chi connectivity index (χ2v) is 4.59. The average molecular weight is 240 g/mol. The third-order valence-electron chi connectivity index (χ3n) is 2.98. The van der Waals surface area contributed by atoms with Gasteiger partial charge in [0.05, 0.1) is 18.6 Å². The zero-order chi connectivity index (χ0) is 12.1. The number of aromatic nitrogens is 2. The second-order valence-electron chi connectivity index (χ2n) is 4.59. The van der Waals surface area contributed by atoms with Gasteiger partial charge in [0.1, 0.15) is 0 Å². The van der Waals surface area contributed by atoms with E-state index in [1.54, 1.807) is 0 Å². The Balaban J connectivity index is 1.82. The largest absolute Gasteiger partial charge is 0.393 e. The Morgan fingerprint density at radius 2 is 2.41 bits per heavy atom. The Labute approximate surface area is 101 Å². The number of aliphatic hydroxyl groups is 1. The molecule has 0 aromatic carbocycles.